The molecule has 10 heavy (non-hydrogen) atoms. The van der Waals surface area contributed by atoms with Gasteiger partial charge in [0, 0.05) is 22.3 Å². The van der Waals surface area contributed by atoms with Crippen molar-refractivity contribution in [1.29, 1.82) is 0 Å². The van der Waals surface area contributed by atoms with Crippen molar-refractivity contribution in [2.45, 2.75) is 32.6 Å². The van der Waals surface area contributed by atoms with E-state index in [9.17, 15) is 4.21 Å². The van der Waals surface area contributed by atoms with Crippen molar-refractivity contribution < 1.29 is 4.21 Å². The first-order chi connectivity index (χ1) is 4.83. The van der Waals surface area contributed by atoms with Gasteiger partial charge in [0.2, 0.25) is 0 Å². The molecule has 1 nitrogen and oxygen atoms in total. The quantitative estimate of drug-likeness (QED) is 0.616. The summed E-state index contributed by atoms with van der Waals surface area (Å²) in [6, 6.07) is 0. The maximum atomic E-state index is 10.9. The normalized spacial score (nSPS) is 32.9. The van der Waals surface area contributed by atoms with E-state index in [0.29, 0.717) is 0 Å². The van der Waals surface area contributed by atoms with E-state index in [1.165, 1.54) is 25.7 Å². The minimum atomic E-state index is -0.456. The average molecular weight is 160 g/mol. The van der Waals surface area contributed by atoms with Crippen LogP contribution in [0.5, 0.6) is 0 Å². The Labute approximate surface area is 65.7 Å². The summed E-state index contributed by atoms with van der Waals surface area (Å²) < 4.78 is 10.9. The van der Waals surface area contributed by atoms with Gasteiger partial charge in [-0.05, 0) is 18.8 Å². The van der Waals surface area contributed by atoms with Gasteiger partial charge in [-0.15, -0.1) is 0 Å². The summed E-state index contributed by atoms with van der Waals surface area (Å²) >= 11 is 0. The highest BCUT2D eigenvalue weighted by Crippen LogP contribution is 2.20. The van der Waals surface area contributed by atoms with Crippen LogP contribution in [0.4, 0.5) is 0 Å². The summed E-state index contributed by atoms with van der Waals surface area (Å²) in [5.41, 5.74) is 0. The molecule has 0 aromatic rings. The van der Waals surface area contributed by atoms with Crippen LogP contribution in [0, 0.1) is 5.92 Å². The molecule has 2 atom stereocenters. The Morgan fingerprint density at radius 1 is 1.60 bits per heavy atom. The van der Waals surface area contributed by atoms with Crippen molar-refractivity contribution in [3.63, 3.8) is 0 Å². The standard InChI is InChI=1S/C8H16OS/c1-2-3-4-8-5-6-10(9)7-8/h8H,2-7H2,1H3/t8-,10?/m1/s1. The third-order valence-electron chi connectivity index (χ3n) is 2.14. The Hall–Kier alpha value is 0.150. The minimum Gasteiger partial charge on any atom is -0.260 e. The second-order valence-electron chi connectivity index (χ2n) is 3.11. The molecule has 1 heterocycles. The Morgan fingerprint density at radius 3 is 2.90 bits per heavy atom. The summed E-state index contributed by atoms with van der Waals surface area (Å²) in [6.07, 6.45) is 5.12. The fraction of sp³-hybridized carbons (Fsp3) is 1.00. The molecule has 1 rings (SSSR count). The summed E-state index contributed by atoms with van der Waals surface area (Å²) in [5.74, 6) is 2.75. The maximum Gasteiger partial charge on any atom is 0.0263 e. The molecule has 2 heteroatoms. The Bertz CT molecular complexity index is 122. The molecule has 0 aromatic heterocycles. The molecule has 1 saturated heterocycles. The van der Waals surface area contributed by atoms with Crippen molar-refractivity contribution in [2.24, 2.45) is 5.92 Å². The van der Waals surface area contributed by atoms with Gasteiger partial charge >= 0.3 is 0 Å². The molecule has 0 amide bonds. The average Bonchev–Trinajstić information content (AvgIpc) is 2.31. The van der Waals surface area contributed by atoms with Gasteiger partial charge in [-0.25, -0.2) is 0 Å². The fourth-order valence-corrected chi connectivity index (χ4v) is 3.07. The van der Waals surface area contributed by atoms with E-state index in [1.807, 2.05) is 0 Å². The van der Waals surface area contributed by atoms with E-state index < -0.39 is 10.8 Å². The minimum absolute atomic E-state index is 0.456. The maximum absolute atomic E-state index is 10.9. The van der Waals surface area contributed by atoms with E-state index in [0.717, 1.165) is 17.4 Å². The van der Waals surface area contributed by atoms with Gasteiger partial charge in [-0.2, -0.15) is 0 Å². The number of hydrogen-bond donors (Lipinski definition) is 0. The van der Waals surface area contributed by atoms with Gasteiger partial charge in [0.05, 0.1) is 0 Å². The van der Waals surface area contributed by atoms with Crippen LogP contribution in [-0.4, -0.2) is 15.7 Å². The first-order valence-electron chi connectivity index (χ1n) is 4.18. The molecule has 1 fully saturated rings. The highest BCUT2D eigenvalue weighted by atomic mass is 32.2. The highest BCUT2D eigenvalue weighted by Gasteiger charge is 2.19. The lowest BCUT2D eigenvalue weighted by Gasteiger charge is -2.04. The van der Waals surface area contributed by atoms with Crippen molar-refractivity contribution in [3.8, 4) is 0 Å². The second-order valence-corrected chi connectivity index (χ2v) is 4.73. The van der Waals surface area contributed by atoms with Crippen molar-refractivity contribution in [3.05, 3.63) is 0 Å². The van der Waals surface area contributed by atoms with Crippen LogP contribution < -0.4 is 0 Å². The lowest BCUT2D eigenvalue weighted by atomic mass is 10.0. The third kappa shape index (κ3) is 2.41. The van der Waals surface area contributed by atoms with E-state index in [1.54, 1.807) is 0 Å². The number of rotatable bonds is 3. The van der Waals surface area contributed by atoms with Gasteiger partial charge in [0.25, 0.3) is 0 Å². The highest BCUT2D eigenvalue weighted by molar-refractivity contribution is 7.85. The first-order valence-corrected chi connectivity index (χ1v) is 5.66. The molecule has 0 radical (unpaired) electrons. The van der Waals surface area contributed by atoms with Gasteiger partial charge in [0.1, 0.15) is 0 Å². The van der Waals surface area contributed by atoms with Gasteiger partial charge < -0.3 is 0 Å². The summed E-state index contributed by atoms with van der Waals surface area (Å²) in [7, 11) is -0.456. The van der Waals surface area contributed by atoms with Crippen LogP contribution in [0.25, 0.3) is 0 Å². The topological polar surface area (TPSA) is 17.1 Å². The zero-order chi connectivity index (χ0) is 7.40. The fourth-order valence-electron chi connectivity index (χ4n) is 1.45. The largest absolute Gasteiger partial charge is 0.260 e. The molecule has 0 N–H and O–H groups in total. The van der Waals surface area contributed by atoms with Crippen LogP contribution in [0.1, 0.15) is 32.6 Å². The van der Waals surface area contributed by atoms with Crippen LogP contribution in [0.3, 0.4) is 0 Å². The Kier molecular flexibility index (Phi) is 3.40. The molecule has 0 saturated carbocycles. The lowest BCUT2D eigenvalue weighted by molar-refractivity contribution is 0.516. The Morgan fingerprint density at radius 2 is 2.40 bits per heavy atom. The number of unbranched alkanes of at least 4 members (excludes halogenated alkanes) is 1. The monoisotopic (exact) mass is 160 g/mol. The van der Waals surface area contributed by atoms with Crippen molar-refractivity contribution in [2.75, 3.05) is 11.5 Å². The van der Waals surface area contributed by atoms with Crippen LogP contribution >= 0.6 is 0 Å². The van der Waals surface area contributed by atoms with E-state index in [-0.39, 0.29) is 0 Å². The van der Waals surface area contributed by atoms with Crippen LogP contribution in [0.2, 0.25) is 0 Å². The molecule has 1 unspecified atom stereocenters. The second kappa shape index (κ2) is 4.12. The van der Waals surface area contributed by atoms with Gasteiger partial charge in [-0.3, -0.25) is 4.21 Å². The van der Waals surface area contributed by atoms with Crippen LogP contribution in [0.15, 0.2) is 0 Å². The van der Waals surface area contributed by atoms with Gasteiger partial charge in [0.15, 0.2) is 0 Å². The molecule has 0 aromatic carbocycles. The lowest BCUT2D eigenvalue weighted by Crippen LogP contribution is -1.99. The molecular weight excluding hydrogens is 144 g/mol. The van der Waals surface area contributed by atoms with Gasteiger partial charge in [-0.1, -0.05) is 19.8 Å². The summed E-state index contributed by atoms with van der Waals surface area (Å²) in [6.45, 7) is 2.21. The molecule has 1 aliphatic heterocycles. The predicted molar refractivity (Wildman–Crippen MR) is 45.5 cm³/mol. The summed E-state index contributed by atoms with van der Waals surface area (Å²) in [5, 5.41) is 0. The smallest absolute Gasteiger partial charge is 0.0263 e. The zero-order valence-corrected chi connectivity index (χ0v) is 7.45. The third-order valence-corrected chi connectivity index (χ3v) is 3.68. The molecule has 1 aliphatic rings. The van der Waals surface area contributed by atoms with E-state index in [4.69, 9.17) is 0 Å². The van der Waals surface area contributed by atoms with Crippen molar-refractivity contribution in [1.82, 2.24) is 0 Å². The molecule has 60 valence electrons. The zero-order valence-electron chi connectivity index (χ0n) is 6.64. The molecular formula is C8H16OS. The van der Waals surface area contributed by atoms with Crippen LogP contribution in [-0.2, 0) is 10.8 Å². The summed E-state index contributed by atoms with van der Waals surface area (Å²) in [4.78, 5) is 0. The number of hydrogen-bond acceptors (Lipinski definition) is 1. The molecule has 0 bridgehead atoms. The predicted octanol–water partition coefficient (Wildman–Crippen LogP) is 1.95. The Balaban J connectivity index is 2.12. The van der Waals surface area contributed by atoms with E-state index in [2.05, 4.69) is 6.92 Å². The molecule has 0 aliphatic carbocycles. The van der Waals surface area contributed by atoms with E-state index >= 15 is 0 Å². The SMILES string of the molecule is CCCC[C@@H]1CCS(=O)C1. The molecule has 0 spiro atoms. The van der Waals surface area contributed by atoms with Crippen molar-refractivity contribution >= 4 is 10.8 Å². The first kappa shape index (κ1) is 8.25.